The summed E-state index contributed by atoms with van der Waals surface area (Å²) < 4.78 is 32.1. The number of benzene rings is 1. The lowest BCUT2D eigenvalue weighted by Crippen LogP contribution is -2.35. The van der Waals surface area contributed by atoms with Crippen LogP contribution < -0.4 is 20.7 Å². The van der Waals surface area contributed by atoms with Crippen LogP contribution in [-0.2, 0) is 28.5 Å². The second-order valence-electron chi connectivity index (χ2n) is 11.8. The fourth-order valence-electron chi connectivity index (χ4n) is 5.40. The molecule has 2 aliphatic rings. The summed E-state index contributed by atoms with van der Waals surface area (Å²) in [4.78, 5) is 28.5. The number of hydrogen-bond acceptors (Lipinski definition) is 13. The van der Waals surface area contributed by atoms with E-state index in [-0.39, 0.29) is 11.9 Å². The first-order valence-corrected chi connectivity index (χ1v) is 17.6. The minimum absolute atomic E-state index is 0.0106. The third kappa shape index (κ3) is 14.6. The topological polar surface area (TPSA) is 150 Å². The van der Waals surface area contributed by atoms with Crippen LogP contribution >= 0.6 is 11.6 Å². The molecule has 1 saturated carbocycles. The first-order valence-electron chi connectivity index (χ1n) is 17.2. The van der Waals surface area contributed by atoms with Crippen molar-refractivity contribution in [1.29, 1.82) is 0 Å². The number of nitrogens with zero attached hydrogens (tertiary/aromatic N) is 4. The largest absolute Gasteiger partial charge is 0.495 e. The van der Waals surface area contributed by atoms with Gasteiger partial charge in [-0.3, -0.25) is 4.79 Å². The maximum Gasteiger partial charge on any atom is 0.233 e. The molecule has 1 aromatic heterocycles. The lowest BCUT2D eigenvalue weighted by atomic mass is 10.1. The van der Waals surface area contributed by atoms with Crippen LogP contribution in [0.5, 0.6) is 5.75 Å². The molecule has 1 aliphatic carbocycles. The van der Waals surface area contributed by atoms with Crippen LogP contribution in [-0.4, -0.2) is 118 Å². The predicted octanol–water partition coefficient (Wildman–Crippen LogP) is 5.04. The summed E-state index contributed by atoms with van der Waals surface area (Å²) in [7, 11) is 3.22. The van der Waals surface area contributed by atoms with E-state index < -0.39 is 0 Å². The minimum Gasteiger partial charge on any atom is -0.495 e. The standard InChI is InChI=1S/C34H52ClN7O7/c1-44-17-18-47-21-22-49-24-23-48-20-19-46-16-13-31(43)42-14-11-27(12-15-42)37-33-39-32(36-26-7-5-3-4-6-8-26)40-34(41-33)38-28-9-10-30(45-2)29(35)25-28/h9-11,14,25-27H,3-8,12-13,15-24H2,1-2H3,(H3,36,37,38,39,40,41). The summed E-state index contributed by atoms with van der Waals surface area (Å²) in [5.41, 5.74) is 0.729. The van der Waals surface area contributed by atoms with Gasteiger partial charge in [0.15, 0.2) is 0 Å². The molecule has 3 N–H and O–H groups in total. The van der Waals surface area contributed by atoms with Gasteiger partial charge < -0.3 is 49.3 Å². The molecular formula is C34H52ClN7O7. The Morgan fingerprint density at radius 1 is 0.796 bits per heavy atom. The molecule has 1 fully saturated rings. The van der Waals surface area contributed by atoms with Crippen molar-refractivity contribution in [2.75, 3.05) is 96.2 Å². The summed E-state index contributed by atoms with van der Waals surface area (Å²) in [5, 5.41) is 10.7. The van der Waals surface area contributed by atoms with Gasteiger partial charge in [-0.05, 0) is 43.5 Å². The highest BCUT2D eigenvalue weighted by Gasteiger charge is 2.20. The van der Waals surface area contributed by atoms with E-state index in [1.54, 1.807) is 31.3 Å². The maximum absolute atomic E-state index is 12.8. The monoisotopic (exact) mass is 705 g/mol. The molecule has 1 aliphatic heterocycles. The highest BCUT2D eigenvalue weighted by Crippen LogP contribution is 2.29. The van der Waals surface area contributed by atoms with Crippen LogP contribution in [0.2, 0.25) is 5.02 Å². The number of nitrogens with one attached hydrogen (secondary N) is 3. The number of halogens is 1. The first-order chi connectivity index (χ1) is 24.0. The van der Waals surface area contributed by atoms with E-state index in [0.717, 1.165) is 18.5 Å². The molecule has 49 heavy (non-hydrogen) atoms. The van der Waals surface area contributed by atoms with E-state index in [0.29, 0.717) is 114 Å². The van der Waals surface area contributed by atoms with Crippen molar-refractivity contribution < 1.29 is 33.2 Å². The van der Waals surface area contributed by atoms with Crippen molar-refractivity contribution in [1.82, 2.24) is 19.9 Å². The van der Waals surface area contributed by atoms with Crippen molar-refractivity contribution in [3.8, 4) is 5.75 Å². The molecule has 0 radical (unpaired) electrons. The molecule has 15 heteroatoms. The number of ether oxygens (including phenoxy) is 6. The summed E-state index contributed by atoms with van der Waals surface area (Å²) in [5.74, 6) is 1.95. The van der Waals surface area contributed by atoms with Crippen LogP contribution in [0.3, 0.4) is 0 Å². The predicted molar refractivity (Wildman–Crippen MR) is 189 cm³/mol. The second kappa shape index (κ2) is 22.4. The summed E-state index contributed by atoms with van der Waals surface area (Å²) in [6.45, 7) is 4.92. The van der Waals surface area contributed by atoms with Gasteiger partial charge in [-0.2, -0.15) is 15.0 Å². The molecule has 272 valence electrons. The Morgan fingerprint density at radius 3 is 2.00 bits per heavy atom. The Kier molecular flexibility index (Phi) is 17.7. The van der Waals surface area contributed by atoms with E-state index in [4.69, 9.17) is 45.0 Å². The Morgan fingerprint density at radius 2 is 1.41 bits per heavy atom. The molecular weight excluding hydrogens is 654 g/mol. The maximum atomic E-state index is 12.8. The zero-order valence-corrected chi connectivity index (χ0v) is 29.5. The van der Waals surface area contributed by atoms with Gasteiger partial charge in [0, 0.05) is 31.6 Å². The normalized spacial score (nSPS) is 16.7. The molecule has 0 bridgehead atoms. The third-order valence-electron chi connectivity index (χ3n) is 8.05. The summed E-state index contributed by atoms with van der Waals surface area (Å²) >= 11 is 6.35. The summed E-state index contributed by atoms with van der Waals surface area (Å²) in [6.07, 6.45) is 11.8. The highest BCUT2D eigenvalue weighted by atomic mass is 35.5. The van der Waals surface area contributed by atoms with Gasteiger partial charge >= 0.3 is 0 Å². The molecule has 4 rings (SSSR count). The van der Waals surface area contributed by atoms with Gasteiger partial charge in [0.05, 0.1) is 84.1 Å². The van der Waals surface area contributed by atoms with E-state index in [1.807, 2.05) is 18.3 Å². The van der Waals surface area contributed by atoms with Crippen molar-refractivity contribution in [2.45, 2.75) is 63.5 Å². The van der Waals surface area contributed by atoms with Gasteiger partial charge in [-0.1, -0.05) is 37.3 Å². The van der Waals surface area contributed by atoms with Gasteiger partial charge in [0.1, 0.15) is 5.75 Å². The van der Waals surface area contributed by atoms with Gasteiger partial charge in [-0.25, -0.2) is 0 Å². The van der Waals surface area contributed by atoms with Gasteiger partial charge in [-0.15, -0.1) is 0 Å². The molecule has 1 atom stereocenters. The van der Waals surface area contributed by atoms with Gasteiger partial charge in [0.2, 0.25) is 23.8 Å². The third-order valence-corrected chi connectivity index (χ3v) is 8.35. The van der Waals surface area contributed by atoms with E-state index in [2.05, 4.69) is 25.9 Å². The average molecular weight is 706 g/mol. The van der Waals surface area contributed by atoms with Crippen molar-refractivity contribution in [3.05, 3.63) is 35.5 Å². The van der Waals surface area contributed by atoms with E-state index in [1.165, 1.54) is 25.7 Å². The number of anilines is 4. The van der Waals surface area contributed by atoms with Gasteiger partial charge in [0.25, 0.3) is 0 Å². The van der Waals surface area contributed by atoms with Crippen LogP contribution in [0, 0.1) is 0 Å². The lowest BCUT2D eigenvalue weighted by Gasteiger charge is -2.27. The Balaban J connectivity index is 1.20. The molecule has 0 saturated heterocycles. The Bertz CT molecular complexity index is 1280. The number of amides is 1. The highest BCUT2D eigenvalue weighted by molar-refractivity contribution is 6.32. The lowest BCUT2D eigenvalue weighted by molar-refractivity contribution is -0.130. The molecule has 1 amide bonds. The zero-order chi connectivity index (χ0) is 34.5. The number of methoxy groups -OCH3 is 2. The summed E-state index contributed by atoms with van der Waals surface area (Å²) in [6, 6.07) is 5.68. The second-order valence-corrected chi connectivity index (χ2v) is 12.2. The molecule has 2 heterocycles. The molecule has 0 spiro atoms. The molecule has 1 unspecified atom stereocenters. The number of carbonyl (C=O) groups is 1. The molecule has 2 aromatic rings. The van der Waals surface area contributed by atoms with E-state index in [9.17, 15) is 4.79 Å². The van der Waals surface area contributed by atoms with Crippen molar-refractivity contribution in [3.63, 3.8) is 0 Å². The number of rotatable bonds is 22. The van der Waals surface area contributed by atoms with Crippen LogP contribution in [0.4, 0.5) is 23.5 Å². The fraction of sp³-hybridized carbons (Fsp3) is 0.647. The smallest absolute Gasteiger partial charge is 0.233 e. The molecule has 14 nitrogen and oxygen atoms in total. The number of aromatic nitrogens is 3. The SMILES string of the molecule is COCCOCCOCCOCCOCCC(=O)N1C=CC(Nc2nc(Nc3ccc(OC)c(Cl)c3)nc(NC3CCCCCC3)n2)CC1. The first kappa shape index (κ1) is 38.5. The number of carbonyl (C=O) groups excluding carboxylic acids is 1. The number of hydrogen-bond donors (Lipinski definition) is 3. The van der Waals surface area contributed by atoms with Crippen molar-refractivity contribution in [2.24, 2.45) is 0 Å². The van der Waals surface area contributed by atoms with Crippen LogP contribution in [0.25, 0.3) is 0 Å². The Hall–Kier alpha value is -3.27. The fourth-order valence-corrected chi connectivity index (χ4v) is 5.66. The quantitative estimate of drug-likeness (QED) is 0.111. The van der Waals surface area contributed by atoms with Crippen LogP contribution in [0.1, 0.15) is 51.4 Å². The Labute approximate surface area is 294 Å². The average Bonchev–Trinajstić information content (AvgIpc) is 3.37. The molecule has 1 aromatic carbocycles. The van der Waals surface area contributed by atoms with E-state index >= 15 is 0 Å². The zero-order valence-electron chi connectivity index (χ0n) is 28.8. The van der Waals surface area contributed by atoms with Crippen LogP contribution in [0.15, 0.2) is 30.5 Å². The van der Waals surface area contributed by atoms with Crippen molar-refractivity contribution >= 4 is 41.0 Å². The minimum atomic E-state index is -0.0546.